The van der Waals surface area contributed by atoms with Gasteiger partial charge in [-0.1, -0.05) is 153 Å². The number of fused-ring (bicyclic) bond motifs is 10. The molecule has 0 bridgehead atoms. The summed E-state index contributed by atoms with van der Waals surface area (Å²) in [6.45, 7) is 4.73. The fourth-order valence-corrected chi connectivity index (χ4v) is 9.19. The first-order chi connectivity index (χ1) is 25.5. The van der Waals surface area contributed by atoms with E-state index in [9.17, 15) is 0 Å². The summed E-state index contributed by atoms with van der Waals surface area (Å²) in [7, 11) is 0. The number of para-hydroxylation sites is 1. The average Bonchev–Trinajstić information content (AvgIpc) is 3.68. The molecule has 0 saturated carbocycles. The van der Waals surface area contributed by atoms with Gasteiger partial charge in [0.1, 0.15) is 11.2 Å². The van der Waals surface area contributed by atoms with Gasteiger partial charge >= 0.3 is 0 Å². The van der Waals surface area contributed by atoms with Gasteiger partial charge in [-0.05, 0) is 118 Å². The highest BCUT2D eigenvalue weighted by Crippen LogP contribution is 2.52. The van der Waals surface area contributed by atoms with Crippen LogP contribution in [0.5, 0.6) is 0 Å². The Morgan fingerprint density at radius 1 is 0.346 bits per heavy atom. The van der Waals surface area contributed by atoms with E-state index in [-0.39, 0.29) is 5.41 Å². The summed E-state index contributed by atoms with van der Waals surface area (Å²) >= 11 is 0. The van der Waals surface area contributed by atoms with Gasteiger partial charge in [-0.25, -0.2) is 0 Å². The fraction of sp³-hybridized carbons (Fsp3) is 0.0588. The quantitative estimate of drug-likeness (QED) is 0.172. The van der Waals surface area contributed by atoms with Crippen LogP contribution in [-0.2, 0) is 5.41 Å². The van der Waals surface area contributed by atoms with E-state index in [4.69, 9.17) is 4.42 Å². The lowest BCUT2D eigenvalue weighted by molar-refractivity contribution is 0.661. The van der Waals surface area contributed by atoms with Crippen LogP contribution >= 0.6 is 0 Å². The van der Waals surface area contributed by atoms with Crippen molar-refractivity contribution in [3.05, 3.63) is 181 Å². The normalized spacial score (nSPS) is 13.3. The molecule has 52 heavy (non-hydrogen) atoms. The Hall–Kier alpha value is -6.44. The molecule has 0 aliphatic heterocycles. The van der Waals surface area contributed by atoms with E-state index < -0.39 is 0 Å². The molecule has 0 amide bonds. The van der Waals surface area contributed by atoms with E-state index in [0.717, 1.165) is 21.9 Å². The van der Waals surface area contributed by atoms with Crippen molar-refractivity contribution in [2.45, 2.75) is 19.3 Å². The van der Waals surface area contributed by atoms with Gasteiger partial charge in [0, 0.05) is 16.2 Å². The van der Waals surface area contributed by atoms with Crippen LogP contribution in [0.2, 0.25) is 0 Å². The van der Waals surface area contributed by atoms with Crippen LogP contribution in [0.15, 0.2) is 174 Å². The van der Waals surface area contributed by atoms with Crippen molar-refractivity contribution in [3.63, 3.8) is 0 Å². The second-order valence-corrected chi connectivity index (χ2v) is 14.8. The van der Waals surface area contributed by atoms with E-state index in [2.05, 4.69) is 172 Å². The molecule has 244 valence electrons. The van der Waals surface area contributed by atoms with Crippen molar-refractivity contribution in [2.24, 2.45) is 0 Å². The molecule has 10 aromatic rings. The molecule has 0 N–H and O–H groups in total. The van der Waals surface area contributed by atoms with E-state index in [0.29, 0.717) is 0 Å². The van der Waals surface area contributed by atoms with E-state index in [1.165, 1.54) is 88.0 Å². The molecular weight excluding hydrogens is 629 g/mol. The minimum absolute atomic E-state index is 0.0517. The van der Waals surface area contributed by atoms with Crippen LogP contribution in [0.1, 0.15) is 25.0 Å². The van der Waals surface area contributed by atoms with Crippen molar-refractivity contribution >= 4 is 54.3 Å². The minimum atomic E-state index is -0.0517. The number of furan rings is 1. The highest BCUT2D eigenvalue weighted by molar-refractivity contribution is 6.22. The zero-order chi connectivity index (χ0) is 34.6. The molecular formula is C51H34O. The predicted molar refractivity (Wildman–Crippen MR) is 220 cm³/mol. The molecule has 0 spiro atoms. The van der Waals surface area contributed by atoms with Crippen LogP contribution in [0.25, 0.3) is 98.8 Å². The zero-order valence-electron chi connectivity index (χ0n) is 29.1. The van der Waals surface area contributed by atoms with Gasteiger partial charge in [-0.2, -0.15) is 0 Å². The van der Waals surface area contributed by atoms with Crippen LogP contribution < -0.4 is 0 Å². The Labute approximate surface area is 302 Å². The number of rotatable bonds is 3. The first kappa shape index (κ1) is 29.3. The van der Waals surface area contributed by atoms with Gasteiger partial charge in [-0.3, -0.25) is 0 Å². The second-order valence-electron chi connectivity index (χ2n) is 14.8. The van der Waals surface area contributed by atoms with Crippen LogP contribution in [0.3, 0.4) is 0 Å². The third-order valence-corrected chi connectivity index (χ3v) is 11.6. The molecule has 0 saturated heterocycles. The smallest absolute Gasteiger partial charge is 0.135 e. The molecule has 1 aliphatic rings. The van der Waals surface area contributed by atoms with Gasteiger partial charge in [0.25, 0.3) is 0 Å². The summed E-state index contributed by atoms with van der Waals surface area (Å²) < 4.78 is 6.21. The van der Waals surface area contributed by atoms with E-state index in [1.54, 1.807) is 0 Å². The third-order valence-electron chi connectivity index (χ3n) is 11.6. The molecule has 0 fully saturated rings. The largest absolute Gasteiger partial charge is 0.456 e. The van der Waals surface area contributed by atoms with Crippen LogP contribution in [-0.4, -0.2) is 0 Å². The molecule has 0 unspecified atom stereocenters. The topological polar surface area (TPSA) is 13.1 Å². The molecule has 1 aliphatic carbocycles. The number of hydrogen-bond acceptors (Lipinski definition) is 1. The highest BCUT2D eigenvalue weighted by atomic mass is 16.3. The highest BCUT2D eigenvalue weighted by Gasteiger charge is 2.36. The van der Waals surface area contributed by atoms with Gasteiger partial charge in [0.05, 0.1) is 0 Å². The summed E-state index contributed by atoms with van der Waals surface area (Å²) in [5, 5.41) is 9.91. The predicted octanol–water partition coefficient (Wildman–Crippen LogP) is 14.4. The Bertz CT molecular complexity index is 3040. The Kier molecular flexibility index (Phi) is 6.08. The van der Waals surface area contributed by atoms with Crippen molar-refractivity contribution in [2.75, 3.05) is 0 Å². The second kappa shape index (κ2) is 10.8. The van der Waals surface area contributed by atoms with Crippen molar-refractivity contribution < 1.29 is 4.42 Å². The van der Waals surface area contributed by atoms with Crippen LogP contribution in [0.4, 0.5) is 0 Å². The van der Waals surface area contributed by atoms with Crippen LogP contribution in [0, 0.1) is 0 Å². The molecule has 9 aromatic carbocycles. The molecule has 1 nitrogen and oxygen atoms in total. The third kappa shape index (κ3) is 4.11. The Morgan fingerprint density at radius 3 is 1.62 bits per heavy atom. The Balaban J connectivity index is 1.11. The molecule has 0 radical (unpaired) electrons. The molecule has 1 aromatic heterocycles. The lowest BCUT2D eigenvalue weighted by atomic mass is 9.81. The maximum Gasteiger partial charge on any atom is 0.135 e. The number of hydrogen-bond donors (Lipinski definition) is 0. The van der Waals surface area contributed by atoms with Gasteiger partial charge in [0.15, 0.2) is 0 Å². The van der Waals surface area contributed by atoms with Gasteiger partial charge in [-0.15, -0.1) is 0 Å². The summed E-state index contributed by atoms with van der Waals surface area (Å²) in [5.41, 5.74) is 14.7. The standard InChI is InChI=1S/C51H34O/c1-51(2)44-25-23-33(29-43(44)50-36-15-4-3-12-31(36)22-26-45(50)51)32-13-11-14-34(28-32)48-38-17-5-7-19-40(38)49(41-20-8-6-18-39(41)48)35-24-27-47-42(30-35)37-16-9-10-21-46(37)52-47/h3-30H,1-2H3. The van der Waals surface area contributed by atoms with Crippen molar-refractivity contribution in [3.8, 4) is 44.5 Å². The molecule has 1 heteroatoms. The first-order valence-electron chi connectivity index (χ1n) is 18.2. The molecule has 1 heterocycles. The summed E-state index contributed by atoms with van der Waals surface area (Å²) in [4.78, 5) is 0. The Morgan fingerprint density at radius 2 is 0.885 bits per heavy atom. The monoisotopic (exact) mass is 662 g/mol. The summed E-state index contributed by atoms with van der Waals surface area (Å²) in [6.07, 6.45) is 0. The van der Waals surface area contributed by atoms with Gasteiger partial charge < -0.3 is 4.42 Å². The molecule has 0 atom stereocenters. The first-order valence-corrected chi connectivity index (χ1v) is 18.2. The minimum Gasteiger partial charge on any atom is -0.456 e. The molecule has 11 rings (SSSR count). The van der Waals surface area contributed by atoms with Crippen molar-refractivity contribution in [1.82, 2.24) is 0 Å². The zero-order valence-corrected chi connectivity index (χ0v) is 29.1. The van der Waals surface area contributed by atoms with E-state index >= 15 is 0 Å². The van der Waals surface area contributed by atoms with E-state index in [1.807, 2.05) is 12.1 Å². The lowest BCUT2D eigenvalue weighted by Crippen LogP contribution is -2.14. The fourth-order valence-electron chi connectivity index (χ4n) is 9.19. The summed E-state index contributed by atoms with van der Waals surface area (Å²) in [6, 6.07) is 62.5. The maximum absolute atomic E-state index is 6.21. The van der Waals surface area contributed by atoms with Gasteiger partial charge in [0.2, 0.25) is 0 Å². The van der Waals surface area contributed by atoms with Crippen molar-refractivity contribution in [1.29, 1.82) is 0 Å². The maximum atomic E-state index is 6.21. The SMILES string of the molecule is CC1(C)c2ccc(-c3cccc(-c4c5ccccc5c(-c5ccc6oc7ccccc7c6c5)c5ccccc45)c3)cc2-c2c1ccc1ccccc21. The average molecular weight is 663 g/mol. The summed E-state index contributed by atoms with van der Waals surface area (Å²) in [5.74, 6) is 0. The lowest BCUT2D eigenvalue weighted by Gasteiger charge is -2.21. The number of benzene rings is 9.